The van der Waals surface area contributed by atoms with Crippen molar-refractivity contribution in [2.75, 3.05) is 26.1 Å². The molecule has 21 heavy (non-hydrogen) atoms. The molecule has 5 nitrogen and oxygen atoms in total. The summed E-state index contributed by atoms with van der Waals surface area (Å²) in [5.74, 6) is -0.256. The van der Waals surface area contributed by atoms with E-state index >= 15 is 0 Å². The van der Waals surface area contributed by atoms with Crippen molar-refractivity contribution >= 4 is 22.4 Å². The van der Waals surface area contributed by atoms with E-state index in [0.717, 1.165) is 10.8 Å². The van der Waals surface area contributed by atoms with Gasteiger partial charge in [-0.1, -0.05) is 24.3 Å². The van der Waals surface area contributed by atoms with Crippen LogP contribution in [-0.4, -0.2) is 37.4 Å². The lowest BCUT2D eigenvalue weighted by molar-refractivity contribution is 0.0879. The highest BCUT2D eigenvalue weighted by atomic mass is 16.5. The third-order valence-corrected chi connectivity index (χ3v) is 3.34. The van der Waals surface area contributed by atoms with Gasteiger partial charge in [0.1, 0.15) is 0 Å². The fraction of sp³-hybridized carbons (Fsp3) is 0.312. The fourth-order valence-corrected chi connectivity index (χ4v) is 2.27. The molecule has 0 aliphatic rings. The lowest BCUT2D eigenvalue weighted by atomic mass is 10.0. The van der Waals surface area contributed by atoms with Crippen molar-refractivity contribution in [2.45, 2.75) is 12.5 Å². The average Bonchev–Trinajstić information content (AvgIpc) is 2.47. The molecule has 0 fully saturated rings. The maximum Gasteiger partial charge on any atom is 0.253 e. The van der Waals surface area contributed by atoms with E-state index in [1.54, 1.807) is 19.2 Å². The molecular weight excluding hydrogens is 268 g/mol. The number of methoxy groups -OCH3 is 1. The van der Waals surface area contributed by atoms with Crippen molar-refractivity contribution in [3.8, 4) is 0 Å². The molecule has 2 rings (SSSR count). The second-order valence-electron chi connectivity index (χ2n) is 4.92. The first-order valence-electron chi connectivity index (χ1n) is 6.84. The predicted molar refractivity (Wildman–Crippen MR) is 83.2 cm³/mol. The summed E-state index contributed by atoms with van der Waals surface area (Å²) in [6.45, 7) is 0.335. The van der Waals surface area contributed by atoms with Crippen LogP contribution in [0.4, 0.5) is 5.69 Å². The van der Waals surface area contributed by atoms with E-state index in [1.165, 1.54) is 0 Å². The van der Waals surface area contributed by atoms with Crippen LogP contribution in [0.5, 0.6) is 0 Å². The summed E-state index contributed by atoms with van der Waals surface area (Å²) in [5.41, 5.74) is 6.84. The Labute approximate surface area is 123 Å². The minimum atomic E-state index is -0.256. The molecule has 2 aromatic carbocycles. The van der Waals surface area contributed by atoms with Gasteiger partial charge in [-0.15, -0.1) is 0 Å². The van der Waals surface area contributed by atoms with Crippen LogP contribution in [0.3, 0.4) is 0 Å². The zero-order valence-electron chi connectivity index (χ0n) is 12.0. The quantitative estimate of drug-likeness (QED) is 0.704. The number of aliphatic hydroxyl groups excluding tert-OH is 1. The van der Waals surface area contributed by atoms with Gasteiger partial charge in [-0.05, 0) is 29.3 Å². The van der Waals surface area contributed by atoms with E-state index in [-0.39, 0.29) is 18.6 Å². The molecule has 0 bridgehead atoms. The first-order chi connectivity index (χ1) is 10.2. The molecule has 0 saturated heterocycles. The number of fused-ring (bicyclic) bond motifs is 1. The van der Waals surface area contributed by atoms with E-state index in [1.807, 2.05) is 24.3 Å². The molecule has 2 aromatic rings. The number of carbonyl (C=O) groups excluding carboxylic acids is 1. The van der Waals surface area contributed by atoms with E-state index in [0.29, 0.717) is 24.3 Å². The number of carbonyl (C=O) groups is 1. The van der Waals surface area contributed by atoms with Crippen LogP contribution in [-0.2, 0) is 4.74 Å². The van der Waals surface area contributed by atoms with E-state index < -0.39 is 0 Å². The highest BCUT2D eigenvalue weighted by Gasteiger charge is 2.16. The number of anilines is 1. The van der Waals surface area contributed by atoms with Crippen molar-refractivity contribution in [2.24, 2.45) is 0 Å². The Kier molecular flexibility index (Phi) is 5.14. The Hall–Kier alpha value is -2.11. The Morgan fingerprint density at radius 1 is 1.33 bits per heavy atom. The number of hydrogen-bond acceptors (Lipinski definition) is 4. The first kappa shape index (κ1) is 15.3. The minimum absolute atomic E-state index is 0.0124. The van der Waals surface area contributed by atoms with E-state index in [4.69, 9.17) is 15.6 Å². The zero-order chi connectivity index (χ0) is 15.2. The number of nitrogens with one attached hydrogen (secondary N) is 1. The van der Waals surface area contributed by atoms with Crippen molar-refractivity contribution in [3.05, 3.63) is 42.0 Å². The second-order valence-corrected chi connectivity index (χ2v) is 4.92. The smallest absolute Gasteiger partial charge is 0.253 e. The van der Waals surface area contributed by atoms with Gasteiger partial charge >= 0.3 is 0 Å². The van der Waals surface area contributed by atoms with Gasteiger partial charge in [0.2, 0.25) is 0 Å². The van der Waals surface area contributed by atoms with Gasteiger partial charge in [0.15, 0.2) is 0 Å². The average molecular weight is 288 g/mol. The number of nitrogens with two attached hydrogens (primary N) is 1. The third-order valence-electron chi connectivity index (χ3n) is 3.34. The first-order valence-corrected chi connectivity index (χ1v) is 6.84. The molecule has 0 heterocycles. The Morgan fingerprint density at radius 2 is 2.00 bits per heavy atom. The molecular formula is C16H20N2O3. The molecule has 0 spiro atoms. The third kappa shape index (κ3) is 3.71. The van der Waals surface area contributed by atoms with Gasteiger partial charge in [0.05, 0.1) is 18.2 Å². The Morgan fingerprint density at radius 3 is 2.62 bits per heavy atom. The molecule has 5 heteroatoms. The van der Waals surface area contributed by atoms with Gasteiger partial charge < -0.3 is 20.9 Å². The number of benzene rings is 2. The largest absolute Gasteiger partial charge is 0.398 e. The number of rotatable bonds is 6. The van der Waals surface area contributed by atoms with Gasteiger partial charge in [-0.25, -0.2) is 0 Å². The lowest BCUT2D eigenvalue weighted by Crippen LogP contribution is -2.39. The summed E-state index contributed by atoms with van der Waals surface area (Å²) in [6.07, 6.45) is 0.438. The summed E-state index contributed by atoms with van der Waals surface area (Å²) in [7, 11) is 1.56. The van der Waals surface area contributed by atoms with Gasteiger partial charge in [-0.2, -0.15) is 0 Å². The maximum absolute atomic E-state index is 12.3. The van der Waals surface area contributed by atoms with Crippen LogP contribution in [0.25, 0.3) is 10.8 Å². The maximum atomic E-state index is 12.3. The normalized spacial score (nSPS) is 12.3. The topological polar surface area (TPSA) is 84.6 Å². The molecule has 0 aromatic heterocycles. The van der Waals surface area contributed by atoms with Crippen LogP contribution in [0, 0.1) is 0 Å². The van der Waals surface area contributed by atoms with E-state index in [9.17, 15) is 4.79 Å². The number of aliphatic hydroxyl groups is 1. The molecule has 0 saturated carbocycles. The van der Waals surface area contributed by atoms with Crippen LogP contribution in [0.1, 0.15) is 16.8 Å². The highest BCUT2D eigenvalue weighted by molar-refractivity contribution is 6.04. The Bertz CT molecular complexity index is 622. The van der Waals surface area contributed by atoms with E-state index in [2.05, 4.69) is 5.32 Å². The number of hydrogen-bond donors (Lipinski definition) is 3. The Balaban J connectivity index is 2.23. The van der Waals surface area contributed by atoms with Crippen molar-refractivity contribution < 1.29 is 14.6 Å². The summed E-state index contributed by atoms with van der Waals surface area (Å²) in [6, 6.07) is 11.1. The molecule has 0 radical (unpaired) electrons. The molecule has 4 N–H and O–H groups in total. The predicted octanol–water partition coefficient (Wildman–Crippen LogP) is 1.55. The van der Waals surface area contributed by atoms with Gasteiger partial charge in [0.25, 0.3) is 5.91 Å². The van der Waals surface area contributed by atoms with Crippen LogP contribution < -0.4 is 11.1 Å². The second kappa shape index (κ2) is 7.06. The monoisotopic (exact) mass is 288 g/mol. The van der Waals surface area contributed by atoms with Crippen LogP contribution in [0.2, 0.25) is 0 Å². The SMILES string of the molecule is COCC(CCO)NC(=O)c1cc2ccccc2cc1N. The molecule has 1 amide bonds. The molecule has 1 unspecified atom stereocenters. The minimum Gasteiger partial charge on any atom is -0.398 e. The van der Waals surface area contributed by atoms with Crippen molar-refractivity contribution in [3.63, 3.8) is 0 Å². The summed E-state index contributed by atoms with van der Waals surface area (Å²) >= 11 is 0. The van der Waals surface area contributed by atoms with Gasteiger partial charge in [-0.3, -0.25) is 4.79 Å². The summed E-state index contributed by atoms with van der Waals surface area (Å²) in [4.78, 5) is 12.3. The molecule has 112 valence electrons. The van der Waals surface area contributed by atoms with Crippen LogP contribution in [0.15, 0.2) is 36.4 Å². The molecule has 1 atom stereocenters. The summed E-state index contributed by atoms with van der Waals surface area (Å²) < 4.78 is 5.04. The lowest BCUT2D eigenvalue weighted by Gasteiger charge is -2.17. The standard InChI is InChI=1S/C16H20N2O3/c1-21-10-13(6-7-19)18-16(20)14-8-11-4-2-3-5-12(11)9-15(14)17/h2-5,8-9,13,19H,6-7,10,17H2,1H3,(H,18,20). The number of amides is 1. The van der Waals surface area contributed by atoms with Crippen LogP contribution >= 0.6 is 0 Å². The number of ether oxygens (including phenoxy) is 1. The molecule has 0 aliphatic heterocycles. The van der Waals surface area contributed by atoms with Crippen molar-refractivity contribution in [1.82, 2.24) is 5.32 Å². The highest BCUT2D eigenvalue weighted by Crippen LogP contribution is 2.22. The molecule has 0 aliphatic carbocycles. The van der Waals surface area contributed by atoms with Gasteiger partial charge in [0, 0.05) is 19.4 Å². The van der Waals surface area contributed by atoms with Crippen molar-refractivity contribution in [1.29, 1.82) is 0 Å². The zero-order valence-corrected chi connectivity index (χ0v) is 12.0. The fourth-order valence-electron chi connectivity index (χ4n) is 2.27. The summed E-state index contributed by atoms with van der Waals surface area (Å²) in [5, 5.41) is 13.8. The number of nitrogen functional groups attached to an aromatic ring is 1.